The number of nitrogens with one attached hydrogen (secondary N) is 1. The first-order valence-electron chi connectivity index (χ1n) is 8.75. The summed E-state index contributed by atoms with van der Waals surface area (Å²) in [6, 6.07) is 1.38. The van der Waals surface area contributed by atoms with Gasteiger partial charge >= 0.3 is 12.4 Å². The number of quaternary nitrogens is 1. The lowest BCUT2D eigenvalue weighted by Gasteiger charge is -2.21. The molecule has 10 heteroatoms. The van der Waals surface area contributed by atoms with Gasteiger partial charge in [0, 0.05) is 0 Å². The third-order valence-electron chi connectivity index (χ3n) is 4.48. The molecule has 0 atom stereocenters. The van der Waals surface area contributed by atoms with Gasteiger partial charge in [0.05, 0.1) is 24.2 Å². The van der Waals surface area contributed by atoms with Gasteiger partial charge in [0.2, 0.25) is 0 Å². The second kappa shape index (κ2) is 7.94. The molecular formula is C18H18F6N3O+. The van der Waals surface area contributed by atoms with Crippen molar-refractivity contribution < 1.29 is 35.8 Å². The molecule has 1 aromatic carbocycles. The maximum atomic E-state index is 12.9. The van der Waals surface area contributed by atoms with Crippen LogP contribution in [0.2, 0.25) is 0 Å². The van der Waals surface area contributed by atoms with Crippen molar-refractivity contribution in [2.24, 2.45) is 0 Å². The molecule has 2 aromatic rings. The summed E-state index contributed by atoms with van der Waals surface area (Å²) in [6.07, 6.45) is -4.01. The first-order chi connectivity index (χ1) is 13.1. The third kappa shape index (κ3) is 5.34. The molecule has 0 saturated carbocycles. The minimum absolute atomic E-state index is 0.0885. The fraction of sp³-hybridized carbons (Fsp3) is 0.444. The average molecular weight is 406 g/mol. The topological polar surface area (TPSA) is 43.4 Å². The first-order valence-corrected chi connectivity index (χ1v) is 8.75. The zero-order valence-corrected chi connectivity index (χ0v) is 14.7. The Balaban J connectivity index is 1.78. The number of likely N-dealkylation sites (tertiary alicyclic amines) is 1. The van der Waals surface area contributed by atoms with Gasteiger partial charge in [-0.05, 0) is 49.1 Å². The highest BCUT2D eigenvalue weighted by molar-refractivity contribution is 5.67. The van der Waals surface area contributed by atoms with Gasteiger partial charge in [-0.2, -0.15) is 31.3 Å². The summed E-state index contributed by atoms with van der Waals surface area (Å²) in [4.78, 5) is 5.44. The molecule has 28 heavy (non-hydrogen) atoms. The molecule has 3 rings (SSSR count). The van der Waals surface area contributed by atoms with Crippen LogP contribution in [0.25, 0.3) is 12.2 Å². The number of hydrogen-bond acceptors (Lipinski definition) is 3. The fourth-order valence-electron chi connectivity index (χ4n) is 3.10. The molecule has 1 aliphatic rings. The SMILES string of the molecule is FC(F)(F)c1cc(/C=C/c2noc(C[NH+]3CCCCC3)n2)cc(C(F)(F)F)c1. The average Bonchev–Trinajstić information content (AvgIpc) is 3.06. The Morgan fingerprint density at radius 3 is 2.07 bits per heavy atom. The lowest BCUT2D eigenvalue weighted by molar-refractivity contribution is -0.919. The number of piperidine rings is 1. The van der Waals surface area contributed by atoms with Crippen molar-refractivity contribution in [1.82, 2.24) is 10.1 Å². The quantitative estimate of drug-likeness (QED) is 0.785. The van der Waals surface area contributed by atoms with Crippen LogP contribution in [-0.2, 0) is 18.9 Å². The number of nitrogens with zero attached hydrogens (tertiary/aromatic N) is 2. The van der Waals surface area contributed by atoms with Gasteiger partial charge in [-0.15, -0.1) is 0 Å². The predicted octanol–water partition coefficient (Wildman–Crippen LogP) is 3.85. The van der Waals surface area contributed by atoms with Crippen LogP contribution in [-0.4, -0.2) is 23.2 Å². The molecule has 1 saturated heterocycles. The summed E-state index contributed by atoms with van der Waals surface area (Å²) in [5.41, 5.74) is -3.00. The lowest BCUT2D eigenvalue weighted by atomic mass is 10.0. The number of benzene rings is 1. The van der Waals surface area contributed by atoms with Crippen molar-refractivity contribution in [3.63, 3.8) is 0 Å². The van der Waals surface area contributed by atoms with Crippen LogP contribution in [0.4, 0.5) is 26.3 Å². The highest BCUT2D eigenvalue weighted by atomic mass is 19.4. The van der Waals surface area contributed by atoms with Crippen molar-refractivity contribution in [3.05, 3.63) is 46.6 Å². The molecule has 0 unspecified atom stereocenters. The summed E-state index contributed by atoms with van der Waals surface area (Å²) in [6.45, 7) is 2.54. The van der Waals surface area contributed by atoms with Gasteiger partial charge in [0.1, 0.15) is 0 Å². The van der Waals surface area contributed by atoms with Gasteiger partial charge in [0.15, 0.2) is 12.4 Å². The van der Waals surface area contributed by atoms with Crippen LogP contribution in [0, 0.1) is 0 Å². The van der Waals surface area contributed by atoms with Gasteiger partial charge in [-0.1, -0.05) is 11.2 Å². The smallest absolute Gasteiger partial charge is 0.333 e. The molecule has 0 bridgehead atoms. The minimum Gasteiger partial charge on any atom is -0.333 e. The van der Waals surface area contributed by atoms with Crippen LogP contribution in [0.5, 0.6) is 0 Å². The standard InChI is InChI=1S/C18H17F6N3O/c19-17(20,21)13-8-12(9-14(10-13)18(22,23)24)4-5-15-25-16(28-26-15)11-27-6-2-1-3-7-27/h4-5,8-10H,1-3,6-7,11H2/p+1/b5-4+. The molecule has 1 fully saturated rings. The molecule has 0 radical (unpaired) electrons. The van der Waals surface area contributed by atoms with E-state index in [1.165, 1.54) is 17.4 Å². The second-order valence-electron chi connectivity index (χ2n) is 6.71. The summed E-state index contributed by atoms with van der Waals surface area (Å²) in [5, 5.41) is 3.71. The second-order valence-corrected chi connectivity index (χ2v) is 6.71. The van der Waals surface area contributed by atoms with Gasteiger partial charge in [0.25, 0.3) is 5.89 Å². The Kier molecular flexibility index (Phi) is 5.78. The fourth-order valence-corrected chi connectivity index (χ4v) is 3.10. The van der Waals surface area contributed by atoms with E-state index in [9.17, 15) is 26.3 Å². The Bertz CT molecular complexity index is 802. The van der Waals surface area contributed by atoms with Gasteiger partial charge in [-0.25, -0.2) is 0 Å². The van der Waals surface area contributed by atoms with Gasteiger partial charge in [-0.3, -0.25) is 0 Å². The van der Waals surface area contributed by atoms with Crippen molar-refractivity contribution in [1.29, 1.82) is 0 Å². The maximum absolute atomic E-state index is 12.9. The first kappa shape index (κ1) is 20.4. The molecule has 0 aliphatic carbocycles. The van der Waals surface area contributed by atoms with Crippen molar-refractivity contribution in [2.75, 3.05) is 13.1 Å². The molecule has 1 aliphatic heterocycles. The van der Waals surface area contributed by atoms with Crippen molar-refractivity contribution >= 4 is 12.2 Å². The van der Waals surface area contributed by atoms with E-state index in [0.29, 0.717) is 24.6 Å². The summed E-state index contributed by atoms with van der Waals surface area (Å²) in [7, 11) is 0. The Hall–Kier alpha value is -2.36. The minimum atomic E-state index is -4.89. The highest BCUT2D eigenvalue weighted by Crippen LogP contribution is 2.36. The maximum Gasteiger partial charge on any atom is 0.416 e. The number of hydrogen-bond donors (Lipinski definition) is 1. The molecule has 0 spiro atoms. The molecule has 0 amide bonds. The Morgan fingerprint density at radius 2 is 1.50 bits per heavy atom. The molecule has 152 valence electrons. The van der Waals surface area contributed by atoms with Crippen LogP contribution < -0.4 is 4.90 Å². The molecular weight excluding hydrogens is 388 g/mol. The summed E-state index contributed by atoms with van der Waals surface area (Å²) in [5.74, 6) is 0.481. The lowest BCUT2D eigenvalue weighted by Crippen LogP contribution is -3.11. The summed E-state index contributed by atoms with van der Waals surface area (Å²) < 4.78 is 82.5. The molecule has 2 heterocycles. The van der Waals surface area contributed by atoms with Crippen LogP contribution in [0.15, 0.2) is 22.7 Å². The van der Waals surface area contributed by atoms with E-state index < -0.39 is 23.5 Å². The Labute approximate surface area is 156 Å². The van der Waals surface area contributed by atoms with E-state index in [-0.39, 0.29) is 17.5 Å². The van der Waals surface area contributed by atoms with E-state index in [2.05, 4.69) is 10.1 Å². The predicted molar refractivity (Wildman–Crippen MR) is 87.9 cm³/mol. The zero-order valence-electron chi connectivity index (χ0n) is 14.7. The third-order valence-corrected chi connectivity index (χ3v) is 4.48. The van der Waals surface area contributed by atoms with E-state index >= 15 is 0 Å². The molecule has 1 N–H and O–H groups in total. The van der Waals surface area contributed by atoms with Crippen molar-refractivity contribution in [3.8, 4) is 0 Å². The van der Waals surface area contributed by atoms with E-state index in [4.69, 9.17) is 4.52 Å². The van der Waals surface area contributed by atoms with E-state index in [1.54, 1.807) is 0 Å². The van der Waals surface area contributed by atoms with E-state index in [1.807, 2.05) is 0 Å². The number of aromatic nitrogens is 2. The molecule has 1 aromatic heterocycles. The number of halogens is 6. The van der Waals surface area contributed by atoms with Crippen LogP contribution in [0.1, 0.15) is 47.7 Å². The van der Waals surface area contributed by atoms with E-state index in [0.717, 1.165) is 32.0 Å². The summed E-state index contributed by atoms with van der Waals surface area (Å²) >= 11 is 0. The number of alkyl halides is 6. The van der Waals surface area contributed by atoms with Crippen LogP contribution >= 0.6 is 0 Å². The van der Waals surface area contributed by atoms with Crippen molar-refractivity contribution in [2.45, 2.75) is 38.2 Å². The number of rotatable bonds is 4. The zero-order chi connectivity index (χ0) is 20.4. The normalized spacial score (nSPS) is 16.8. The monoisotopic (exact) mass is 406 g/mol. The Morgan fingerprint density at radius 1 is 0.893 bits per heavy atom. The van der Waals surface area contributed by atoms with Gasteiger partial charge < -0.3 is 9.42 Å². The van der Waals surface area contributed by atoms with Crippen LogP contribution in [0.3, 0.4) is 0 Å². The molecule has 4 nitrogen and oxygen atoms in total. The largest absolute Gasteiger partial charge is 0.416 e. The highest BCUT2D eigenvalue weighted by Gasteiger charge is 2.36.